The zero-order valence-corrected chi connectivity index (χ0v) is 7.34. The molecule has 1 rings (SSSR count). The number of rotatable bonds is 2. The fraction of sp³-hybridized carbons (Fsp3) is 0.143. The number of amidine groups is 1. The van der Waals surface area contributed by atoms with E-state index in [4.69, 9.17) is 10.9 Å². The molecule has 7 nitrogen and oxygen atoms in total. The Kier molecular flexibility index (Phi) is 2.61. The van der Waals surface area contributed by atoms with Gasteiger partial charge in [-0.25, -0.2) is 4.98 Å². The molecule has 0 atom stereocenters. The van der Waals surface area contributed by atoms with Crippen molar-refractivity contribution in [3.8, 4) is 0 Å². The second-order valence-electron chi connectivity index (χ2n) is 2.60. The largest absolute Gasteiger partial charge is 0.409 e. The lowest BCUT2D eigenvalue weighted by Crippen LogP contribution is -2.15. The summed E-state index contributed by atoms with van der Waals surface area (Å²) in [7, 11) is 0. The summed E-state index contributed by atoms with van der Waals surface area (Å²) in [6, 6.07) is 1.38. The van der Waals surface area contributed by atoms with Crippen LogP contribution in [0, 0.1) is 17.0 Å². The number of nitrogens with two attached hydrogens (primary N) is 1. The van der Waals surface area contributed by atoms with E-state index in [-0.39, 0.29) is 17.2 Å². The van der Waals surface area contributed by atoms with E-state index in [2.05, 4.69) is 10.1 Å². The van der Waals surface area contributed by atoms with Gasteiger partial charge in [0.1, 0.15) is 11.9 Å². The first-order valence-electron chi connectivity index (χ1n) is 3.65. The van der Waals surface area contributed by atoms with Crippen molar-refractivity contribution >= 4 is 11.5 Å². The molecular formula is C7H8N4O3. The van der Waals surface area contributed by atoms with Crippen LogP contribution in [0.1, 0.15) is 11.3 Å². The summed E-state index contributed by atoms with van der Waals surface area (Å²) >= 11 is 0. The van der Waals surface area contributed by atoms with E-state index in [0.717, 1.165) is 6.20 Å². The molecular weight excluding hydrogens is 188 g/mol. The van der Waals surface area contributed by atoms with Crippen molar-refractivity contribution < 1.29 is 10.1 Å². The van der Waals surface area contributed by atoms with Crippen LogP contribution in [0.3, 0.4) is 0 Å². The van der Waals surface area contributed by atoms with Crippen molar-refractivity contribution in [3.63, 3.8) is 0 Å². The molecule has 7 heteroatoms. The molecule has 0 radical (unpaired) electrons. The predicted molar refractivity (Wildman–Crippen MR) is 48.1 cm³/mol. The molecule has 0 aliphatic heterocycles. The number of oxime groups is 1. The number of aromatic nitrogens is 1. The van der Waals surface area contributed by atoms with Gasteiger partial charge in [0.25, 0.3) is 5.69 Å². The molecule has 1 aromatic rings. The van der Waals surface area contributed by atoms with E-state index in [9.17, 15) is 10.1 Å². The van der Waals surface area contributed by atoms with Crippen molar-refractivity contribution in [2.45, 2.75) is 6.92 Å². The molecule has 14 heavy (non-hydrogen) atoms. The molecule has 0 saturated carbocycles. The average molecular weight is 196 g/mol. The zero-order chi connectivity index (χ0) is 10.7. The van der Waals surface area contributed by atoms with E-state index in [1.54, 1.807) is 6.92 Å². The molecule has 0 amide bonds. The van der Waals surface area contributed by atoms with E-state index in [0.29, 0.717) is 5.56 Å². The normalized spacial score (nSPS) is 11.4. The number of nitrogens with zero attached hydrogens (tertiary/aromatic N) is 3. The topological polar surface area (TPSA) is 115 Å². The third kappa shape index (κ3) is 1.76. The maximum atomic E-state index is 10.4. The van der Waals surface area contributed by atoms with Crippen LogP contribution in [0.4, 0.5) is 5.69 Å². The second-order valence-corrected chi connectivity index (χ2v) is 2.60. The Hall–Kier alpha value is -2.18. The smallest absolute Gasteiger partial charge is 0.290 e. The quantitative estimate of drug-likeness (QED) is 0.233. The summed E-state index contributed by atoms with van der Waals surface area (Å²) < 4.78 is 0. The van der Waals surface area contributed by atoms with E-state index in [1.807, 2.05) is 0 Å². The Morgan fingerprint density at radius 3 is 2.86 bits per heavy atom. The van der Waals surface area contributed by atoms with Crippen LogP contribution in [0.15, 0.2) is 17.4 Å². The van der Waals surface area contributed by atoms with Crippen LogP contribution >= 0.6 is 0 Å². The first-order valence-corrected chi connectivity index (χ1v) is 3.65. The minimum Gasteiger partial charge on any atom is -0.409 e. The maximum Gasteiger partial charge on any atom is 0.290 e. The van der Waals surface area contributed by atoms with Gasteiger partial charge in [0.05, 0.1) is 4.92 Å². The van der Waals surface area contributed by atoms with E-state index >= 15 is 0 Å². The van der Waals surface area contributed by atoms with E-state index < -0.39 is 4.92 Å². The van der Waals surface area contributed by atoms with Crippen molar-refractivity contribution in [3.05, 3.63) is 33.6 Å². The number of aryl methyl sites for hydroxylation is 1. The highest BCUT2D eigenvalue weighted by molar-refractivity contribution is 5.95. The van der Waals surface area contributed by atoms with Gasteiger partial charge in [-0.1, -0.05) is 5.16 Å². The van der Waals surface area contributed by atoms with Crippen molar-refractivity contribution in [1.29, 1.82) is 0 Å². The fourth-order valence-corrected chi connectivity index (χ4v) is 0.931. The van der Waals surface area contributed by atoms with Gasteiger partial charge in [0, 0.05) is 5.56 Å². The highest BCUT2D eigenvalue weighted by Crippen LogP contribution is 2.16. The Bertz CT molecular complexity index is 402. The summed E-state index contributed by atoms with van der Waals surface area (Å²) in [5, 5.41) is 21.5. The number of hydrogen-bond acceptors (Lipinski definition) is 5. The van der Waals surface area contributed by atoms with Gasteiger partial charge in [0.15, 0.2) is 5.84 Å². The number of pyridine rings is 1. The van der Waals surface area contributed by atoms with Crippen LogP contribution in [-0.4, -0.2) is 21.0 Å². The highest BCUT2D eigenvalue weighted by Gasteiger charge is 2.12. The lowest BCUT2D eigenvalue weighted by Gasteiger charge is -1.99. The third-order valence-electron chi connectivity index (χ3n) is 1.65. The van der Waals surface area contributed by atoms with Crippen LogP contribution in [0.2, 0.25) is 0 Å². The Labute approximate surface area is 79.0 Å². The molecule has 0 unspecified atom stereocenters. The SMILES string of the molecule is Cc1cc(C(N)=NO)ncc1[N+](=O)[O-]. The molecule has 0 bridgehead atoms. The van der Waals surface area contributed by atoms with Gasteiger partial charge < -0.3 is 10.9 Å². The lowest BCUT2D eigenvalue weighted by molar-refractivity contribution is -0.385. The molecule has 0 aliphatic carbocycles. The molecule has 1 aromatic heterocycles. The predicted octanol–water partition coefficient (Wildman–Crippen LogP) is 0.393. The van der Waals surface area contributed by atoms with Gasteiger partial charge in [-0.15, -0.1) is 0 Å². The van der Waals surface area contributed by atoms with Crippen molar-refractivity contribution in [1.82, 2.24) is 4.98 Å². The summed E-state index contributed by atoms with van der Waals surface area (Å²) in [5.74, 6) is -0.178. The highest BCUT2D eigenvalue weighted by atomic mass is 16.6. The molecule has 0 fully saturated rings. The fourth-order valence-electron chi connectivity index (χ4n) is 0.931. The van der Waals surface area contributed by atoms with Gasteiger partial charge >= 0.3 is 0 Å². The summed E-state index contributed by atoms with van der Waals surface area (Å²) in [5.41, 5.74) is 5.77. The first kappa shape index (κ1) is 9.90. The average Bonchev–Trinajstić information content (AvgIpc) is 2.15. The second kappa shape index (κ2) is 3.69. The van der Waals surface area contributed by atoms with Crippen molar-refractivity contribution in [2.24, 2.45) is 10.9 Å². The van der Waals surface area contributed by atoms with Gasteiger partial charge in [0.2, 0.25) is 0 Å². The number of hydrogen-bond donors (Lipinski definition) is 2. The molecule has 74 valence electrons. The van der Waals surface area contributed by atoms with Gasteiger partial charge in [-0.3, -0.25) is 10.1 Å². The molecule has 1 heterocycles. The Morgan fingerprint density at radius 2 is 2.43 bits per heavy atom. The summed E-state index contributed by atoms with van der Waals surface area (Å²) in [6.07, 6.45) is 1.07. The number of nitro groups is 1. The summed E-state index contributed by atoms with van der Waals surface area (Å²) in [6.45, 7) is 1.55. The molecule has 0 aliphatic rings. The Morgan fingerprint density at radius 1 is 1.79 bits per heavy atom. The van der Waals surface area contributed by atoms with Crippen LogP contribution in [0.5, 0.6) is 0 Å². The zero-order valence-electron chi connectivity index (χ0n) is 7.34. The summed E-state index contributed by atoms with van der Waals surface area (Å²) in [4.78, 5) is 13.6. The van der Waals surface area contributed by atoms with Crippen molar-refractivity contribution in [2.75, 3.05) is 0 Å². The monoisotopic (exact) mass is 196 g/mol. The van der Waals surface area contributed by atoms with Crippen LogP contribution in [0.25, 0.3) is 0 Å². The molecule has 0 spiro atoms. The molecule has 3 N–H and O–H groups in total. The first-order chi connectivity index (χ1) is 6.56. The Balaban J connectivity index is 3.19. The van der Waals surface area contributed by atoms with Gasteiger partial charge in [-0.05, 0) is 13.0 Å². The lowest BCUT2D eigenvalue weighted by atomic mass is 10.2. The van der Waals surface area contributed by atoms with Gasteiger partial charge in [-0.2, -0.15) is 0 Å². The minimum atomic E-state index is -0.543. The minimum absolute atomic E-state index is 0.0977. The third-order valence-corrected chi connectivity index (χ3v) is 1.65. The molecule has 0 aromatic carbocycles. The molecule has 0 saturated heterocycles. The maximum absolute atomic E-state index is 10.4. The standard InChI is InChI=1S/C7H8N4O3/c1-4-2-5(7(8)10-12)9-3-6(4)11(13)14/h2-3,12H,1H3,(H2,8,10). The van der Waals surface area contributed by atoms with E-state index in [1.165, 1.54) is 6.07 Å². The van der Waals surface area contributed by atoms with Crippen LogP contribution < -0.4 is 5.73 Å². The van der Waals surface area contributed by atoms with Crippen LogP contribution in [-0.2, 0) is 0 Å².